The molecule has 2 rings (SSSR count). The van der Waals surface area contributed by atoms with Crippen LogP contribution >= 0.6 is 34.2 Å². The van der Waals surface area contributed by atoms with E-state index in [4.69, 9.17) is 21.8 Å². The van der Waals surface area contributed by atoms with E-state index >= 15 is 0 Å². The van der Waals surface area contributed by atoms with Crippen molar-refractivity contribution >= 4 is 34.2 Å². The van der Waals surface area contributed by atoms with Crippen molar-refractivity contribution in [3.8, 4) is 0 Å². The number of aryl methyl sites for hydroxylation is 2. The summed E-state index contributed by atoms with van der Waals surface area (Å²) in [6.07, 6.45) is 0. The maximum Gasteiger partial charge on any atom is 0.106 e. The molecule has 0 fully saturated rings. The highest BCUT2D eigenvalue weighted by atomic mass is 127. The topological polar surface area (TPSA) is 39.2 Å². The number of benzene rings is 1. The highest BCUT2D eigenvalue weighted by Gasteiger charge is 2.17. The molecule has 90 valence electrons. The van der Waals surface area contributed by atoms with Gasteiger partial charge in [-0.25, -0.2) is 0 Å². The molecule has 1 unspecified atom stereocenters. The molecule has 1 heterocycles. The molecule has 4 heteroatoms. The fourth-order valence-corrected chi connectivity index (χ4v) is 2.73. The zero-order chi connectivity index (χ0) is 12.6. The molecule has 1 aromatic heterocycles. The second kappa shape index (κ2) is 5.00. The predicted molar refractivity (Wildman–Crippen MR) is 78.4 cm³/mol. The summed E-state index contributed by atoms with van der Waals surface area (Å²) in [6.45, 7) is 3.85. The molecule has 0 saturated carbocycles. The second-order valence-electron chi connectivity index (χ2n) is 4.01. The van der Waals surface area contributed by atoms with E-state index in [2.05, 4.69) is 22.6 Å². The minimum absolute atomic E-state index is 0.196. The van der Waals surface area contributed by atoms with Crippen molar-refractivity contribution in [3.05, 3.63) is 55.5 Å². The van der Waals surface area contributed by atoms with E-state index in [1.807, 2.05) is 38.1 Å². The Morgan fingerprint density at radius 1 is 1.24 bits per heavy atom. The molecule has 1 atom stereocenters. The Bertz CT molecular complexity index is 550. The second-order valence-corrected chi connectivity index (χ2v) is 5.61. The molecule has 0 spiro atoms. The van der Waals surface area contributed by atoms with E-state index in [0.717, 1.165) is 26.2 Å². The van der Waals surface area contributed by atoms with Crippen molar-refractivity contribution in [3.63, 3.8) is 0 Å². The molecule has 0 radical (unpaired) electrons. The molecule has 0 aliphatic rings. The van der Waals surface area contributed by atoms with Crippen LogP contribution in [0.2, 0.25) is 5.02 Å². The van der Waals surface area contributed by atoms with Crippen LogP contribution in [0.5, 0.6) is 0 Å². The first-order chi connectivity index (χ1) is 7.99. The van der Waals surface area contributed by atoms with Gasteiger partial charge in [0.25, 0.3) is 0 Å². The fourth-order valence-electron chi connectivity index (χ4n) is 1.88. The summed E-state index contributed by atoms with van der Waals surface area (Å²) in [5, 5.41) is 0.703. The minimum Gasteiger partial charge on any atom is -0.466 e. The smallest absolute Gasteiger partial charge is 0.106 e. The molecule has 2 aromatic rings. The molecule has 0 bridgehead atoms. The Morgan fingerprint density at radius 3 is 2.53 bits per heavy atom. The zero-order valence-corrected chi connectivity index (χ0v) is 12.5. The van der Waals surface area contributed by atoms with Gasteiger partial charge < -0.3 is 10.2 Å². The molecule has 0 amide bonds. The van der Waals surface area contributed by atoms with Gasteiger partial charge in [-0.1, -0.05) is 11.6 Å². The highest BCUT2D eigenvalue weighted by Crippen LogP contribution is 2.30. The Labute approximate surface area is 119 Å². The van der Waals surface area contributed by atoms with Crippen LogP contribution in [0.4, 0.5) is 0 Å². The number of furan rings is 1. The van der Waals surface area contributed by atoms with Gasteiger partial charge in [0.05, 0.1) is 6.04 Å². The largest absolute Gasteiger partial charge is 0.466 e. The van der Waals surface area contributed by atoms with Crippen LogP contribution in [0.3, 0.4) is 0 Å². The summed E-state index contributed by atoms with van der Waals surface area (Å²) in [7, 11) is 0. The van der Waals surface area contributed by atoms with Gasteiger partial charge in [-0.2, -0.15) is 0 Å². The number of hydrogen-bond donors (Lipinski definition) is 1. The van der Waals surface area contributed by atoms with Crippen molar-refractivity contribution in [1.82, 2.24) is 0 Å². The summed E-state index contributed by atoms with van der Waals surface area (Å²) < 4.78 is 6.62. The Hall–Kier alpha value is -0.520. The van der Waals surface area contributed by atoms with Crippen molar-refractivity contribution in [2.45, 2.75) is 19.9 Å². The lowest BCUT2D eigenvalue weighted by molar-refractivity contribution is 0.499. The maximum absolute atomic E-state index is 6.28. The third-order valence-corrected chi connectivity index (χ3v) is 3.93. The van der Waals surface area contributed by atoms with Crippen LogP contribution in [-0.4, -0.2) is 0 Å². The first kappa shape index (κ1) is 12.9. The normalized spacial score (nSPS) is 12.8. The van der Waals surface area contributed by atoms with Crippen LogP contribution in [0.25, 0.3) is 0 Å². The molecule has 17 heavy (non-hydrogen) atoms. The SMILES string of the molecule is Cc1cc(C(N)c2cc(Cl)ccc2I)c(C)o1. The molecule has 0 aliphatic heterocycles. The monoisotopic (exact) mass is 361 g/mol. The summed E-state index contributed by atoms with van der Waals surface area (Å²) in [6, 6.07) is 7.54. The van der Waals surface area contributed by atoms with Gasteiger partial charge >= 0.3 is 0 Å². The quantitative estimate of drug-likeness (QED) is 0.814. The van der Waals surface area contributed by atoms with Gasteiger partial charge in [0.15, 0.2) is 0 Å². The van der Waals surface area contributed by atoms with Gasteiger partial charge in [0.2, 0.25) is 0 Å². The lowest BCUT2D eigenvalue weighted by atomic mass is 10.00. The lowest BCUT2D eigenvalue weighted by Gasteiger charge is -2.13. The van der Waals surface area contributed by atoms with Crippen molar-refractivity contribution in [2.24, 2.45) is 5.73 Å². The molecule has 2 N–H and O–H groups in total. The van der Waals surface area contributed by atoms with Gasteiger partial charge in [-0.05, 0) is 66.3 Å². The van der Waals surface area contributed by atoms with E-state index in [1.54, 1.807) is 0 Å². The zero-order valence-electron chi connectivity index (χ0n) is 9.63. The van der Waals surface area contributed by atoms with E-state index in [1.165, 1.54) is 0 Å². The van der Waals surface area contributed by atoms with Crippen molar-refractivity contribution in [1.29, 1.82) is 0 Å². The van der Waals surface area contributed by atoms with Crippen molar-refractivity contribution < 1.29 is 4.42 Å². The van der Waals surface area contributed by atoms with Crippen LogP contribution in [-0.2, 0) is 0 Å². The van der Waals surface area contributed by atoms with Crippen molar-refractivity contribution in [2.75, 3.05) is 0 Å². The van der Waals surface area contributed by atoms with Crippen LogP contribution in [0, 0.1) is 17.4 Å². The van der Waals surface area contributed by atoms with Crippen LogP contribution in [0.1, 0.15) is 28.7 Å². The first-order valence-corrected chi connectivity index (χ1v) is 6.72. The molecule has 1 aromatic carbocycles. The molecular formula is C13H13ClINO. The standard InChI is InChI=1S/C13H13ClINO/c1-7-5-10(8(2)17-7)13(16)11-6-9(14)3-4-12(11)15/h3-6,13H,16H2,1-2H3. The lowest BCUT2D eigenvalue weighted by Crippen LogP contribution is -2.13. The average Bonchev–Trinajstić information content (AvgIpc) is 2.60. The fraction of sp³-hybridized carbons (Fsp3) is 0.231. The number of nitrogens with two attached hydrogens (primary N) is 1. The van der Waals surface area contributed by atoms with E-state index in [0.29, 0.717) is 5.02 Å². The summed E-state index contributed by atoms with van der Waals surface area (Å²) >= 11 is 8.28. The van der Waals surface area contributed by atoms with Crippen LogP contribution in [0.15, 0.2) is 28.7 Å². The minimum atomic E-state index is -0.196. The third kappa shape index (κ3) is 2.67. The summed E-state index contributed by atoms with van der Waals surface area (Å²) in [5.74, 6) is 1.75. The number of hydrogen-bond acceptors (Lipinski definition) is 2. The molecule has 2 nitrogen and oxygen atoms in total. The molecule has 0 aliphatic carbocycles. The molecular weight excluding hydrogens is 349 g/mol. The highest BCUT2D eigenvalue weighted by molar-refractivity contribution is 14.1. The van der Waals surface area contributed by atoms with E-state index in [-0.39, 0.29) is 6.04 Å². The Balaban J connectivity index is 2.46. The van der Waals surface area contributed by atoms with Gasteiger partial charge in [-0.3, -0.25) is 0 Å². The molecule has 0 saturated heterocycles. The van der Waals surface area contributed by atoms with E-state index < -0.39 is 0 Å². The predicted octanol–water partition coefficient (Wildman–Crippen LogP) is 4.20. The third-order valence-electron chi connectivity index (χ3n) is 2.71. The summed E-state index contributed by atoms with van der Waals surface area (Å²) in [5.41, 5.74) is 8.32. The van der Waals surface area contributed by atoms with E-state index in [9.17, 15) is 0 Å². The van der Waals surface area contributed by atoms with Gasteiger partial charge in [0.1, 0.15) is 11.5 Å². The van der Waals surface area contributed by atoms with Gasteiger partial charge in [-0.15, -0.1) is 0 Å². The Kier molecular flexibility index (Phi) is 3.80. The number of halogens is 2. The average molecular weight is 362 g/mol. The summed E-state index contributed by atoms with van der Waals surface area (Å²) in [4.78, 5) is 0. The first-order valence-electron chi connectivity index (χ1n) is 5.26. The maximum atomic E-state index is 6.28. The Morgan fingerprint density at radius 2 is 1.94 bits per heavy atom. The van der Waals surface area contributed by atoms with Gasteiger partial charge in [0, 0.05) is 14.2 Å². The number of rotatable bonds is 2. The van der Waals surface area contributed by atoms with Crippen LogP contribution < -0.4 is 5.73 Å².